The van der Waals surface area contributed by atoms with Crippen LogP contribution in [0.1, 0.15) is 18.1 Å². The molecule has 1 aromatic heterocycles. The second kappa shape index (κ2) is 4.93. The van der Waals surface area contributed by atoms with Gasteiger partial charge in [-0.15, -0.1) is 0 Å². The molecule has 0 bridgehead atoms. The van der Waals surface area contributed by atoms with E-state index in [-0.39, 0.29) is 0 Å². The minimum Gasteiger partial charge on any atom is -0.347 e. The lowest BCUT2D eigenvalue weighted by molar-refractivity contribution is 0.795. The fourth-order valence-electron chi connectivity index (χ4n) is 2.22. The first-order valence-corrected chi connectivity index (χ1v) is 6.99. The molecule has 0 amide bonds. The summed E-state index contributed by atoms with van der Waals surface area (Å²) in [6.45, 7) is 3.81. The quantitative estimate of drug-likeness (QED) is 0.881. The van der Waals surface area contributed by atoms with Crippen LogP contribution in [0.2, 0.25) is 0 Å². The first kappa shape index (κ1) is 11.6. The van der Waals surface area contributed by atoms with Gasteiger partial charge in [0.05, 0.1) is 0 Å². The van der Waals surface area contributed by atoms with Crippen molar-refractivity contribution in [1.82, 2.24) is 4.57 Å². The predicted octanol–water partition coefficient (Wildman–Crippen LogP) is 2.98. The molecular weight excluding hydrogens is 216 g/mol. The number of aromatic nitrogens is 1. The van der Waals surface area contributed by atoms with Gasteiger partial charge in [0, 0.05) is 35.9 Å². The maximum absolute atomic E-state index is 5.82. The van der Waals surface area contributed by atoms with Gasteiger partial charge < -0.3 is 10.3 Å². The number of fused-ring (bicyclic) bond motifs is 1. The summed E-state index contributed by atoms with van der Waals surface area (Å²) in [4.78, 5) is 0. The van der Waals surface area contributed by atoms with Crippen LogP contribution >= 0.6 is 11.8 Å². The van der Waals surface area contributed by atoms with E-state index in [2.05, 4.69) is 42.1 Å². The van der Waals surface area contributed by atoms with Crippen molar-refractivity contribution < 1.29 is 0 Å². The van der Waals surface area contributed by atoms with Crippen LogP contribution in [0.4, 0.5) is 0 Å². The number of rotatable bonds is 4. The van der Waals surface area contributed by atoms with Gasteiger partial charge in [-0.2, -0.15) is 11.8 Å². The molecule has 3 heteroatoms. The Bertz CT molecular complexity index is 488. The highest BCUT2D eigenvalue weighted by Crippen LogP contribution is 2.27. The summed E-state index contributed by atoms with van der Waals surface area (Å²) in [5, 5.41) is 1.36. The second-order valence-corrected chi connectivity index (χ2v) is 4.75. The van der Waals surface area contributed by atoms with Crippen LogP contribution in [0.25, 0.3) is 10.9 Å². The molecule has 0 unspecified atom stereocenters. The summed E-state index contributed by atoms with van der Waals surface area (Å²) in [5.74, 6) is 1.06. The van der Waals surface area contributed by atoms with Gasteiger partial charge in [-0.1, -0.05) is 12.1 Å². The van der Waals surface area contributed by atoms with Gasteiger partial charge in [0.2, 0.25) is 0 Å². The Morgan fingerprint density at radius 1 is 1.31 bits per heavy atom. The molecule has 2 aromatic rings. The van der Waals surface area contributed by atoms with E-state index in [1.54, 1.807) is 0 Å². The molecule has 0 aliphatic heterocycles. The first-order chi connectivity index (χ1) is 7.81. The monoisotopic (exact) mass is 234 g/mol. The van der Waals surface area contributed by atoms with Gasteiger partial charge in [0.15, 0.2) is 0 Å². The van der Waals surface area contributed by atoms with Gasteiger partial charge in [0.25, 0.3) is 0 Å². The van der Waals surface area contributed by atoms with Crippen molar-refractivity contribution in [2.45, 2.75) is 25.8 Å². The van der Waals surface area contributed by atoms with Gasteiger partial charge in [-0.25, -0.2) is 0 Å². The highest BCUT2D eigenvalue weighted by molar-refractivity contribution is 7.97. The molecule has 2 N–H and O–H groups in total. The number of hydrogen-bond donors (Lipinski definition) is 1. The smallest absolute Gasteiger partial charge is 0.0486 e. The average Bonchev–Trinajstić information content (AvgIpc) is 2.68. The summed E-state index contributed by atoms with van der Waals surface area (Å²) in [6.07, 6.45) is 4.40. The van der Waals surface area contributed by atoms with Gasteiger partial charge in [0.1, 0.15) is 0 Å². The number of hydrogen-bond acceptors (Lipinski definition) is 2. The average molecular weight is 234 g/mol. The van der Waals surface area contributed by atoms with E-state index in [0.717, 1.165) is 12.3 Å². The summed E-state index contributed by atoms with van der Waals surface area (Å²) in [5.41, 5.74) is 9.80. The van der Waals surface area contributed by atoms with Crippen LogP contribution in [-0.4, -0.2) is 10.8 Å². The number of benzene rings is 1. The SMILES string of the molecule is CCn1cc(CSC)c2c(CN)cccc21. The van der Waals surface area contributed by atoms with E-state index in [4.69, 9.17) is 5.73 Å². The molecule has 0 atom stereocenters. The fraction of sp³-hybridized carbons (Fsp3) is 0.385. The number of aryl methyl sites for hydroxylation is 1. The standard InChI is InChI=1S/C13H18N2S/c1-3-15-8-11(9-16-2)13-10(7-14)5-4-6-12(13)15/h4-6,8H,3,7,9,14H2,1-2H3. The molecule has 0 spiro atoms. The summed E-state index contributed by atoms with van der Waals surface area (Å²) < 4.78 is 2.31. The normalized spacial score (nSPS) is 11.2. The molecule has 2 rings (SSSR count). The predicted molar refractivity (Wildman–Crippen MR) is 72.7 cm³/mol. The zero-order valence-corrected chi connectivity index (χ0v) is 10.7. The molecular formula is C13H18N2S. The Labute approximate surface area is 101 Å². The molecule has 0 saturated heterocycles. The topological polar surface area (TPSA) is 30.9 Å². The molecule has 86 valence electrons. The Balaban J connectivity index is 2.69. The molecule has 2 nitrogen and oxygen atoms in total. The number of thioether (sulfide) groups is 1. The van der Waals surface area contributed by atoms with Gasteiger partial charge in [-0.3, -0.25) is 0 Å². The van der Waals surface area contributed by atoms with Gasteiger partial charge in [-0.05, 0) is 30.4 Å². The third-order valence-corrected chi connectivity index (χ3v) is 3.53. The van der Waals surface area contributed by atoms with E-state index >= 15 is 0 Å². The van der Waals surface area contributed by atoms with E-state index < -0.39 is 0 Å². The zero-order valence-electron chi connectivity index (χ0n) is 9.86. The van der Waals surface area contributed by atoms with Crippen LogP contribution in [0.5, 0.6) is 0 Å². The lowest BCUT2D eigenvalue weighted by Gasteiger charge is -2.03. The molecule has 0 aliphatic carbocycles. The molecule has 1 heterocycles. The zero-order chi connectivity index (χ0) is 11.5. The van der Waals surface area contributed by atoms with Crippen LogP contribution in [0, 0.1) is 0 Å². The van der Waals surface area contributed by atoms with Crippen molar-refractivity contribution in [1.29, 1.82) is 0 Å². The Morgan fingerprint density at radius 2 is 2.12 bits per heavy atom. The van der Waals surface area contributed by atoms with Crippen LogP contribution < -0.4 is 5.73 Å². The third-order valence-electron chi connectivity index (χ3n) is 2.93. The Hall–Kier alpha value is -0.930. The highest BCUT2D eigenvalue weighted by Gasteiger charge is 2.10. The van der Waals surface area contributed by atoms with Crippen molar-refractivity contribution in [3.05, 3.63) is 35.5 Å². The fourth-order valence-corrected chi connectivity index (χ4v) is 2.75. The maximum atomic E-state index is 5.82. The van der Waals surface area contributed by atoms with Crippen molar-refractivity contribution >= 4 is 22.7 Å². The lowest BCUT2D eigenvalue weighted by Crippen LogP contribution is -1.98. The summed E-state index contributed by atoms with van der Waals surface area (Å²) in [7, 11) is 0. The Kier molecular flexibility index (Phi) is 3.56. The molecule has 0 fully saturated rings. The van der Waals surface area contributed by atoms with Crippen LogP contribution in [0.15, 0.2) is 24.4 Å². The minimum atomic E-state index is 0.618. The third kappa shape index (κ3) is 1.85. The van der Waals surface area contributed by atoms with Crippen molar-refractivity contribution in [3.63, 3.8) is 0 Å². The molecule has 0 aliphatic rings. The minimum absolute atomic E-state index is 0.618. The van der Waals surface area contributed by atoms with E-state index in [9.17, 15) is 0 Å². The largest absolute Gasteiger partial charge is 0.347 e. The van der Waals surface area contributed by atoms with Crippen molar-refractivity contribution in [3.8, 4) is 0 Å². The molecule has 0 saturated carbocycles. The van der Waals surface area contributed by atoms with Crippen LogP contribution in [0.3, 0.4) is 0 Å². The molecule has 0 radical (unpaired) electrons. The van der Waals surface area contributed by atoms with Gasteiger partial charge >= 0.3 is 0 Å². The molecule has 16 heavy (non-hydrogen) atoms. The highest BCUT2D eigenvalue weighted by atomic mass is 32.2. The van der Waals surface area contributed by atoms with Crippen molar-refractivity contribution in [2.24, 2.45) is 5.73 Å². The number of nitrogens with zero attached hydrogens (tertiary/aromatic N) is 1. The Morgan fingerprint density at radius 3 is 2.75 bits per heavy atom. The lowest BCUT2D eigenvalue weighted by atomic mass is 10.1. The van der Waals surface area contributed by atoms with E-state index in [1.807, 2.05) is 11.8 Å². The van der Waals surface area contributed by atoms with E-state index in [0.29, 0.717) is 6.54 Å². The van der Waals surface area contributed by atoms with E-state index in [1.165, 1.54) is 22.0 Å². The maximum Gasteiger partial charge on any atom is 0.0486 e. The number of nitrogens with two attached hydrogens (primary N) is 1. The van der Waals surface area contributed by atoms with Crippen molar-refractivity contribution in [2.75, 3.05) is 6.26 Å². The summed E-state index contributed by atoms with van der Waals surface area (Å²) >= 11 is 1.86. The summed E-state index contributed by atoms with van der Waals surface area (Å²) in [6, 6.07) is 6.41. The second-order valence-electron chi connectivity index (χ2n) is 3.89. The first-order valence-electron chi connectivity index (χ1n) is 5.60. The molecule has 1 aromatic carbocycles. The van der Waals surface area contributed by atoms with Crippen LogP contribution in [-0.2, 0) is 18.8 Å².